The molecule has 48 heavy (non-hydrogen) atoms. The highest BCUT2D eigenvalue weighted by Gasteiger charge is 2.65. The Morgan fingerprint density at radius 1 is 1.00 bits per heavy atom. The number of ether oxygens (including phenoxy) is 1. The van der Waals surface area contributed by atoms with Gasteiger partial charge in [-0.25, -0.2) is 18.0 Å². The number of fused-ring (bicyclic) bond motifs is 1. The summed E-state index contributed by atoms with van der Waals surface area (Å²) in [5.41, 5.74) is -1.66. The number of nitrogens with zero attached hydrogens (tertiary/aromatic N) is 3. The topological polar surface area (TPSA) is 91.8 Å². The maximum absolute atomic E-state index is 14.7. The van der Waals surface area contributed by atoms with Gasteiger partial charge in [0, 0.05) is 42.9 Å². The number of amides is 3. The van der Waals surface area contributed by atoms with Gasteiger partial charge in [-0.15, -0.1) is 0 Å². The van der Waals surface area contributed by atoms with E-state index in [2.05, 4.69) is 10.3 Å². The molecule has 266 valence electrons. The molecule has 3 fully saturated rings. The minimum Gasteiger partial charge on any atom is -0.444 e. The maximum Gasteiger partial charge on any atom is 0.410 e. The maximum atomic E-state index is 14.7. The number of carbonyl (C=O) groups excluding carboxylic acids is 3. The Hall–Kier alpha value is -3.63. The molecule has 1 aromatic heterocycles. The van der Waals surface area contributed by atoms with E-state index >= 15 is 0 Å². The smallest absolute Gasteiger partial charge is 0.410 e. The monoisotopic (exact) mass is 712 g/mol. The lowest BCUT2D eigenvalue weighted by atomic mass is 9.72. The van der Waals surface area contributed by atoms with Crippen LogP contribution in [0.3, 0.4) is 0 Å². The number of hydrogen-bond acceptors (Lipinski definition) is 5. The molecule has 0 radical (unpaired) electrons. The van der Waals surface area contributed by atoms with Gasteiger partial charge in [-0.1, -0.05) is 19.4 Å². The van der Waals surface area contributed by atoms with E-state index < -0.39 is 92.9 Å². The van der Waals surface area contributed by atoms with Gasteiger partial charge in [0.2, 0.25) is 11.8 Å². The molecule has 8 nitrogen and oxygen atoms in total. The molecule has 2 heterocycles. The SMILES string of the molecule is CC(C)(C)OC(=O)N1C[C@@H]2CC[C@@H]2[C@@H]1C(=O)N(c1ccc(S(F)(F)(F)(F)F)cc1)C(C(=O)NC1CCC(F)(F)CC1)c1cncc(F)c1. The molecule has 1 N–H and O–H groups in total. The summed E-state index contributed by atoms with van der Waals surface area (Å²) in [4.78, 5) is 45.5. The largest absolute Gasteiger partial charge is 0.444 e. The van der Waals surface area contributed by atoms with Crippen LogP contribution in [-0.4, -0.2) is 57.9 Å². The zero-order valence-electron chi connectivity index (χ0n) is 26.3. The third kappa shape index (κ3) is 7.81. The van der Waals surface area contributed by atoms with Crippen molar-refractivity contribution in [3.8, 4) is 0 Å². The summed E-state index contributed by atoms with van der Waals surface area (Å²) >= 11 is 0. The molecule has 2 aliphatic carbocycles. The highest BCUT2D eigenvalue weighted by molar-refractivity contribution is 8.45. The molecule has 1 aliphatic heterocycles. The summed E-state index contributed by atoms with van der Waals surface area (Å²) in [6.07, 6.45) is 0.745. The summed E-state index contributed by atoms with van der Waals surface area (Å²) in [6.45, 7) is 4.92. The Balaban J connectivity index is 1.62. The van der Waals surface area contributed by atoms with Crippen molar-refractivity contribution in [2.24, 2.45) is 11.8 Å². The Morgan fingerprint density at radius 3 is 2.15 bits per heavy atom. The second-order valence-corrected chi connectivity index (χ2v) is 16.1. The number of rotatable bonds is 7. The van der Waals surface area contributed by atoms with E-state index in [0.29, 0.717) is 25.0 Å². The third-order valence-corrected chi connectivity index (χ3v) is 10.1. The zero-order chi connectivity index (χ0) is 35.5. The normalized spacial score (nSPS) is 24.7. The van der Waals surface area contributed by atoms with Crippen LogP contribution in [0, 0.1) is 17.7 Å². The van der Waals surface area contributed by atoms with Crippen molar-refractivity contribution >= 4 is 33.8 Å². The summed E-state index contributed by atoms with van der Waals surface area (Å²) in [7, 11) is -10.2. The van der Waals surface area contributed by atoms with Crippen molar-refractivity contribution in [2.45, 2.75) is 93.8 Å². The van der Waals surface area contributed by atoms with Gasteiger partial charge >= 0.3 is 16.3 Å². The molecule has 0 bridgehead atoms. The van der Waals surface area contributed by atoms with E-state index in [9.17, 15) is 47.0 Å². The highest BCUT2D eigenvalue weighted by Crippen LogP contribution is 3.02. The number of anilines is 1. The van der Waals surface area contributed by atoms with Crippen LogP contribution in [0.15, 0.2) is 47.6 Å². The lowest BCUT2D eigenvalue weighted by Gasteiger charge is -2.41. The Bertz CT molecular complexity index is 1580. The van der Waals surface area contributed by atoms with Crippen LogP contribution in [0.25, 0.3) is 0 Å². The van der Waals surface area contributed by atoms with Crippen LogP contribution in [0.4, 0.5) is 43.1 Å². The van der Waals surface area contributed by atoms with Crippen LogP contribution in [0.2, 0.25) is 0 Å². The number of alkyl halides is 2. The number of halogens is 8. The Labute approximate surface area is 271 Å². The zero-order valence-corrected chi connectivity index (χ0v) is 27.1. The van der Waals surface area contributed by atoms with Gasteiger partial charge in [0.1, 0.15) is 28.4 Å². The van der Waals surface area contributed by atoms with Gasteiger partial charge in [0.05, 0.1) is 6.20 Å². The van der Waals surface area contributed by atoms with Crippen LogP contribution in [0.1, 0.15) is 70.9 Å². The first-order chi connectivity index (χ1) is 21.9. The van der Waals surface area contributed by atoms with E-state index in [0.717, 1.165) is 23.4 Å². The molecule has 1 aromatic carbocycles. The van der Waals surface area contributed by atoms with Gasteiger partial charge < -0.3 is 10.1 Å². The van der Waals surface area contributed by atoms with Crippen molar-refractivity contribution in [2.75, 3.05) is 11.4 Å². The van der Waals surface area contributed by atoms with Crippen molar-refractivity contribution in [1.82, 2.24) is 15.2 Å². The second kappa shape index (κ2) is 11.5. The number of nitrogens with one attached hydrogen (secondary N) is 1. The number of aromatic nitrogens is 1. The summed E-state index contributed by atoms with van der Waals surface area (Å²) in [6, 6.07) is -1.77. The average molecular weight is 713 g/mol. The molecule has 0 spiro atoms. The Morgan fingerprint density at radius 2 is 1.62 bits per heavy atom. The van der Waals surface area contributed by atoms with Crippen LogP contribution >= 0.6 is 10.2 Å². The lowest BCUT2D eigenvalue weighted by Crippen LogP contribution is -2.55. The average Bonchev–Trinajstić information content (AvgIpc) is 3.20. The molecule has 2 saturated carbocycles. The van der Waals surface area contributed by atoms with Crippen LogP contribution in [-0.2, 0) is 14.3 Å². The van der Waals surface area contributed by atoms with Gasteiger partial charge in [-0.2, -0.15) is 0 Å². The van der Waals surface area contributed by atoms with E-state index in [4.69, 9.17) is 4.74 Å². The molecule has 3 amide bonds. The number of pyridine rings is 1. The summed E-state index contributed by atoms with van der Waals surface area (Å²) in [5, 5.41) is 2.60. The summed E-state index contributed by atoms with van der Waals surface area (Å²) < 4.78 is 116. The number of likely N-dealkylation sites (tertiary alicyclic amines) is 1. The molecule has 1 saturated heterocycles. The van der Waals surface area contributed by atoms with Gasteiger partial charge in [0.15, 0.2) is 0 Å². The molecule has 17 heteroatoms. The molecule has 1 unspecified atom stereocenters. The first-order valence-corrected chi connectivity index (χ1v) is 17.3. The molecule has 3 aliphatic rings. The fourth-order valence-electron chi connectivity index (χ4n) is 6.53. The number of benzene rings is 1. The predicted molar refractivity (Wildman–Crippen MR) is 161 cm³/mol. The van der Waals surface area contributed by atoms with Crippen molar-refractivity contribution in [3.05, 3.63) is 54.1 Å². The van der Waals surface area contributed by atoms with Gasteiger partial charge in [0.25, 0.3) is 5.91 Å². The van der Waals surface area contributed by atoms with E-state index in [1.54, 1.807) is 20.8 Å². The Kier molecular flexibility index (Phi) is 8.53. The first kappa shape index (κ1) is 35.7. The minimum atomic E-state index is -10.2. The standard InChI is InChI=1S/C31H36F8N4O4S/c1-30(2,3)47-29(46)42-17-18-4-9-24(18)26(42)28(45)43(22-5-7-23(8-6-22)48(35,36,37,38)39)25(19-14-20(32)16-40-15-19)27(44)41-21-10-12-31(33,34)13-11-21/h5-8,14-16,18,21,24-26H,4,9-13,17H2,1-3H3,(H,41,44)/t18-,24-,25?,26+/m0/s1. The van der Waals surface area contributed by atoms with Gasteiger partial charge in [-0.3, -0.25) is 24.4 Å². The predicted octanol–water partition coefficient (Wildman–Crippen LogP) is 8.29. The highest BCUT2D eigenvalue weighted by atomic mass is 32.5. The van der Waals surface area contributed by atoms with Crippen molar-refractivity contribution in [1.29, 1.82) is 0 Å². The van der Waals surface area contributed by atoms with E-state index in [-0.39, 0.29) is 43.0 Å². The molecular formula is C31H36F8N4O4S. The fraction of sp³-hybridized carbons (Fsp3) is 0.548. The van der Waals surface area contributed by atoms with E-state index in [1.807, 2.05) is 0 Å². The van der Waals surface area contributed by atoms with Gasteiger partial charge in [-0.05, 0) is 88.6 Å². The fourth-order valence-corrected chi connectivity index (χ4v) is 7.18. The minimum absolute atomic E-state index is 0.0750. The van der Waals surface area contributed by atoms with Crippen LogP contribution in [0.5, 0.6) is 0 Å². The third-order valence-electron chi connectivity index (χ3n) is 8.94. The van der Waals surface area contributed by atoms with Crippen molar-refractivity contribution < 1.29 is 51.7 Å². The molecule has 2 aromatic rings. The number of hydrogen-bond donors (Lipinski definition) is 1. The lowest BCUT2D eigenvalue weighted by molar-refractivity contribution is -0.130. The van der Waals surface area contributed by atoms with Crippen LogP contribution < -0.4 is 10.2 Å². The first-order valence-electron chi connectivity index (χ1n) is 15.4. The second-order valence-electron chi connectivity index (χ2n) is 13.7. The van der Waals surface area contributed by atoms with Crippen molar-refractivity contribution in [3.63, 3.8) is 0 Å². The van der Waals surface area contributed by atoms with E-state index in [1.165, 1.54) is 4.90 Å². The molecule has 5 rings (SSSR count). The quantitative estimate of drug-likeness (QED) is 0.292. The summed E-state index contributed by atoms with van der Waals surface area (Å²) in [5.74, 6) is -6.45. The number of carbonyl (C=O) groups is 3. The molecule has 4 atom stereocenters. The molecular weight excluding hydrogens is 676 g/mol.